The Labute approximate surface area is 219 Å². The number of benzene rings is 3. The molecule has 3 rings (SSSR count). The van der Waals surface area contributed by atoms with Crippen LogP contribution in [0.25, 0.3) is 21.5 Å². The topological polar surface area (TPSA) is 84.9 Å². The molecule has 0 aliphatic heterocycles. The summed E-state index contributed by atoms with van der Waals surface area (Å²) in [6.45, 7) is 11.3. The van der Waals surface area contributed by atoms with Gasteiger partial charge in [-0.1, -0.05) is 35.7 Å². The fourth-order valence-corrected chi connectivity index (χ4v) is 3.30. The molecule has 0 unspecified atom stereocenters. The maximum atomic E-state index is 11.4. The van der Waals surface area contributed by atoms with E-state index in [2.05, 4.69) is 12.2 Å². The summed E-state index contributed by atoms with van der Waals surface area (Å²) in [5.74, 6) is 0.612. The van der Waals surface area contributed by atoms with E-state index in [1.807, 2.05) is 75.6 Å². The molecule has 1 N–H and O–H groups in total. The van der Waals surface area contributed by atoms with Crippen LogP contribution in [0.5, 0.6) is 5.75 Å². The molecule has 0 spiro atoms. The zero-order chi connectivity index (χ0) is 25.3. The van der Waals surface area contributed by atoms with Gasteiger partial charge in [0, 0.05) is 13.1 Å². The number of nitrogens with one attached hydrogen (secondary N) is 1. The molecule has 1 amide bonds. The second kappa shape index (κ2) is 13.9. The Hall–Kier alpha value is -2.85. The Morgan fingerprint density at radius 2 is 1.77 bits per heavy atom. The van der Waals surface area contributed by atoms with Gasteiger partial charge in [0.15, 0.2) is 0 Å². The van der Waals surface area contributed by atoms with Crippen molar-refractivity contribution in [1.29, 1.82) is 0 Å². The largest absolute Gasteiger partial charge is 1.00 e. The van der Waals surface area contributed by atoms with Gasteiger partial charge in [-0.3, -0.25) is 0 Å². The number of hydrogen-bond acceptors (Lipinski definition) is 6. The van der Waals surface area contributed by atoms with Crippen molar-refractivity contribution in [1.82, 2.24) is 10.2 Å². The first-order chi connectivity index (χ1) is 16.1. The molecule has 0 radical (unpaired) electrons. The summed E-state index contributed by atoms with van der Waals surface area (Å²) >= 11 is 0. The number of carbonyl (C=O) groups is 1. The average Bonchev–Trinajstić information content (AvgIpc) is 2.80. The minimum atomic E-state index is -0.428. The summed E-state index contributed by atoms with van der Waals surface area (Å²) in [7, 11) is 3.50. The van der Waals surface area contributed by atoms with Gasteiger partial charge in [-0.2, -0.15) is 6.07 Å². The van der Waals surface area contributed by atoms with Gasteiger partial charge in [0.05, 0.1) is 19.7 Å². The molecule has 3 aromatic rings. The number of nitrogens with zero attached hydrogens (tertiary/aromatic N) is 1. The third kappa shape index (κ3) is 8.39. The Morgan fingerprint density at radius 1 is 1.09 bits per heavy atom. The molecule has 182 valence electrons. The number of alkyl carbamates (subject to hydrolysis) is 1. The number of likely N-dealkylation sites (N-methyl/N-ethyl adjacent to an activating group) is 1. The van der Waals surface area contributed by atoms with Crippen LogP contribution in [0.1, 0.15) is 31.9 Å². The van der Waals surface area contributed by atoms with E-state index in [4.69, 9.17) is 9.47 Å². The van der Waals surface area contributed by atoms with Crippen molar-refractivity contribution in [2.75, 3.05) is 33.8 Å². The van der Waals surface area contributed by atoms with E-state index >= 15 is 0 Å². The molecule has 0 fully saturated rings. The molecular formula is C27H31LiN2O5-2. The smallest absolute Gasteiger partial charge is 0.498 e. The molecule has 0 bridgehead atoms. The van der Waals surface area contributed by atoms with Crippen LogP contribution in [0.4, 0.5) is 4.79 Å². The standard InChI is InChI=1S/C17H10O3.C10H21N2O2.Li/c1-20-16-7-6-12(9-18)17-14(16)8-11-4-2-3-5-13(11)15(17)10-19;1-6-12(5)8-7-11-9(13)14-10(2,3)4;/h2-8H,1H3;1,6-8H2,2-5H3,(H,11,13);/q-2;-1;+1. The van der Waals surface area contributed by atoms with E-state index in [0.717, 1.165) is 23.9 Å². The third-order valence-electron chi connectivity index (χ3n) is 4.96. The fraction of sp³-hybridized carbons (Fsp3) is 0.333. The van der Waals surface area contributed by atoms with Gasteiger partial charge in [-0.25, -0.2) is 4.79 Å². The Kier molecular flexibility index (Phi) is 12.0. The molecule has 0 saturated heterocycles. The molecule has 0 aromatic heterocycles. The maximum Gasteiger partial charge on any atom is 1.00 e. The fourth-order valence-electron chi connectivity index (χ4n) is 3.30. The minimum Gasteiger partial charge on any atom is -0.498 e. The van der Waals surface area contributed by atoms with Crippen LogP contribution in [0.2, 0.25) is 0 Å². The van der Waals surface area contributed by atoms with Gasteiger partial charge in [-0.15, -0.1) is 34.5 Å². The van der Waals surface area contributed by atoms with E-state index in [-0.39, 0.29) is 25.0 Å². The molecular weight excluding hydrogens is 439 g/mol. The first kappa shape index (κ1) is 30.2. The molecule has 35 heavy (non-hydrogen) atoms. The number of carbonyl (C=O) groups excluding carboxylic acids is 3. The Balaban J connectivity index is 0.000000365. The van der Waals surface area contributed by atoms with Crippen LogP contribution >= 0.6 is 0 Å². The summed E-state index contributed by atoms with van der Waals surface area (Å²) in [6, 6.07) is 12.7. The Morgan fingerprint density at radius 3 is 2.34 bits per heavy atom. The zero-order valence-corrected chi connectivity index (χ0v) is 21.4. The predicted molar refractivity (Wildman–Crippen MR) is 135 cm³/mol. The molecule has 3 aromatic carbocycles. The minimum absolute atomic E-state index is 0. The van der Waals surface area contributed by atoms with E-state index in [1.54, 1.807) is 19.2 Å². The van der Waals surface area contributed by atoms with Gasteiger partial charge in [0.2, 0.25) is 0 Å². The van der Waals surface area contributed by atoms with Crippen LogP contribution in [0.15, 0.2) is 42.5 Å². The second-order valence-corrected chi connectivity index (χ2v) is 8.65. The van der Waals surface area contributed by atoms with Crippen molar-refractivity contribution in [3.63, 3.8) is 0 Å². The molecule has 0 aliphatic carbocycles. The number of methoxy groups -OCH3 is 1. The molecule has 0 atom stereocenters. The zero-order valence-electron chi connectivity index (χ0n) is 21.4. The van der Waals surface area contributed by atoms with Crippen molar-refractivity contribution >= 4 is 40.2 Å². The maximum absolute atomic E-state index is 11.4. The van der Waals surface area contributed by atoms with Crippen LogP contribution in [-0.2, 0) is 14.3 Å². The van der Waals surface area contributed by atoms with Crippen molar-refractivity contribution in [3.8, 4) is 5.75 Å². The quantitative estimate of drug-likeness (QED) is 0.317. The number of fused-ring (bicyclic) bond motifs is 2. The Bertz CT molecular complexity index is 1160. The van der Waals surface area contributed by atoms with Crippen molar-refractivity contribution < 1.29 is 42.7 Å². The van der Waals surface area contributed by atoms with Gasteiger partial charge >= 0.3 is 25.0 Å². The SMILES string of the molecule is COc1ccc([C-]=O)c2c([C-]=O)c3ccccc3cc12.[CH2-]CN(C)CCNC(=O)OC(C)(C)C.[Li+]. The summed E-state index contributed by atoms with van der Waals surface area (Å²) in [5.41, 5.74) is 0.280. The number of ether oxygens (including phenoxy) is 2. The van der Waals surface area contributed by atoms with Gasteiger partial charge in [0.25, 0.3) is 0 Å². The molecule has 0 aliphatic rings. The van der Waals surface area contributed by atoms with Crippen LogP contribution in [0, 0.1) is 6.92 Å². The summed E-state index contributed by atoms with van der Waals surface area (Å²) in [6.07, 6.45) is 3.47. The first-order valence-corrected chi connectivity index (χ1v) is 10.9. The summed E-state index contributed by atoms with van der Waals surface area (Å²) in [4.78, 5) is 35.7. The van der Waals surface area contributed by atoms with Crippen LogP contribution in [-0.4, -0.2) is 63.0 Å². The van der Waals surface area contributed by atoms with Gasteiger partial charge in [0.1, 0.15) is 11.4 Å². The van der Waals surface area contributed by atoms with E-state index in [1.165, 1.54) is 0 Å². The molecule has 8 heteroatoms. The third-order valence-corrected chi connectivity index (χ3v) is 4.96. The predicted octanol–water partition coefficient (Wildman–Crippen LogP) is 1.20. The number of amides is 1. The normalized spacial score (nSPS) is 10.7. The summed E-state index contributed by atoms with van der Waals surface area (Å²) in [5, 5.41) is 5.59. The molecule has 0 saturated carbocycles. The van der Waals surface area contributed by atoms with Gasteiger partial charge < -0.3 is 36.2 Å². The summed E-state index contributed by atoms with van der Waals surface area (Å²) < 4.78 is 10.4. The van der Waals surface area contributed by atoms with E-state index in [0.29, 0.717) is 34.2 Å². The van der Waals surface area contributed by atoms with E-state index < -0.39 is 5.60 Å². The van der Waals surface area contributed by atoms with Crippen LogP contribution in [0.3, 0.4) is 0 Å². The monoisotopic (exact) mass is 470 g/mol. The molecule has 7 nitrogen and oxygen atoms in total. The van der Waals surface area contributed by atoms with E-state index in [9.17, 15) is 14.4 Å². The molecule has 0 heterocycles. The number of rotatable bonds is 7. The van der Waals surface area contributed by atoms with Crippen molar-refractivity contribution in [3.05, 3.63) is 60.5 Å². The van der Waals surface area contributed by atoms with Crippen molar-refractivity contribution in [2.45, 2.75) is 26.4 Å². The van der Waals surface area contributed by atoms with Crippen LogP contribution < -0.4 is 28.9 Å². The van der Waals surface area contributed by atoms with Gasteiger partial charge in [-0.05, 0) is 33.2 Å². The second-order valence-electron chi connectivity index (χ2n) is 8.65. The average molecular weight is 470 g/mol. The first-order valence-electron chi connectivity index (χ1n) is 10.9. The van der Waals surface area contributed by atoms with Crippen molar-refractivity contribution in [2.24, 2.45) is 0 Å². The number of hydrogen-bond donors (Lipinski definition) is 1.